The molecule has 0 rings (SSSR count). The SMILES string of the molecule is CCCC[CH]OC. The largest absolute Gasteiger partial charge is 0.379 e. The summed E-state index contributed by atoms with van der Waals surface area (Å²) in [5.41, 5.74) is 0. The van der Waals surface area contributed by atoms with E-state index in [-0.39, 0.29) is 0 Å². The lowest BCUT2D eigenvalue weighted by Gasteiger charge is -1.91. The molecule has 0 aliphatic rings. The molecular formula is C6H13O. The maximum atomic E-state index is 4.72. The van der Waals surface area contributed by atoms with E-state index in [1.54, 1.807) is 7.11 Å². The summed E-state index contributed by atoms with van der Waals surface area (Å²) in [4.78, 5) is 0. The van der Waals surface area contributed by atoms with Gasteiger partial charge >= 0.3 is 0 Å². The second-order valence-corrected chi connectivity index (χ2v) is 1.54. The van der Waals surface area contributed by atoms with Crippen LogP contribution in [-0.2, 0) is 4.74 Å². The molecule has 0 fully saturated rings. The van der Waals surface area contributed by atoms with Crippen molar-refractivity contribution in [2.75, 3.05) is 7.11 Å². The molecule has 0 saturated heterocycles. The van der Waals surface area contributed by atoms with Gasteiger partial charge in [0.15, 0.2) is 0 Å². The van der Waals surface area contributed by atoms with E-state index in [1.165, 1.54) is 12.8 Å². The van der Waals surface area contributed by atoms with E-state index in [0.717, 1.165) is 6.42 Å². The molecule has 43 valence electrons. The molecule has 0 aromatic rings. The molecule has 0 aromatic carbocycles. The summed E-state index contributed by atoms with van der Waals surface area (Å²) in [7, 11) is 1.69. The molecule has 7 heavy (non-hydrogen) atoms. The molecule has 1 radical (unpaired) electrons. The smallest absolute Gasteiger partial charge is 0.0832 e. The molecule has 0 heterocycles. The summed E-state index contributed by atoms with van der Waals surface area (Å²) in [5, 5.41) is 0. The molecule has 0 aliphatic carbocycles. The van der Waals surface area contributed by atoms with Crippen LogP contribution >= 0.6 is 0 Å². The summed E-state index contributed by atoms with van der Waals surface area (Å²) < 4.78 is 4.72. The van der Waals surface area contributed by atoms with Gasteiger partial charge in [-0.05, 0) is 6.42 Å². The minimum absolute atomic E-state index is 1.09. The zero-order valence-electron chi connectivity index (χ0n) is 5.11. The molecule has 0 atom stereocenters. The van der Waals surface area contributed by atoms with Crippen LogP contribution in [0.5, 0.6) is 0 Å². The first-order valence-corrected chi connectivity index (χ1v) is 2.76. The Morgan fingerprint density at radius 2 is 2.29 bits per heavy atom. The highest BCUT2D eigenvalue weighted by molar-refractivity contribution is 4.46. The van der Waals surface area contributed by atoms with Crippen LogP contribution < -0.4 is 0 Å². The molecular weight excluding hydrogens is 88.1 g/mol. The Bertz CT molecular complexity index is 23.4. The average molecular weight is 101 g/mol. The Labute approximate surface area is 45.7 Å². The molecule has 1 nitrogen and oxygen atoms in total. The second-order valence-electron chi connectivity index (χ2n) is 1.54. The summed E-state index contributed by atoms with van der Waals surface area (Å²) >= 11 is 0. The van der Waals surface area contributed by atoms with Gasteiger partial charge in [-0.2, -0.15) is 0 Å². The van der Waals surface area contributed by atoms with Crippen molar-refractivity contribution in [3.63, 3.8) is 0 Å². The van der Waals surface area contributed by atoms with Crippen molar-refractivity contribution in [3.05, 3.63) is 6.61 Å². The minimum Gasteiger partial charge on any atom is -0.379 e. The third kappa shape index (κ3) is 5.96. The number of methoxy groups -OCH3 is 1. The lowest BCUT2D eigenvalue weighted by molar-refractivity contribution is 0.263. The predicted octanol–water partition coefficient (Wildman–Crippen LogP) is 1.98. The minimum atomic E-state index is 1.09. The molecule has 0 spiro atoms. The quantitative estimate of drug-likeness (QED) is 0.492. The summed E-state index contributed by atoms with van der Waals surface area (Å²) in [6.45, 7) is 4.01. The van der Waals surface area contributed by atoms with Crippen LogP contribution in [0.3, 0.4) is 0 Å². The van der Waals surface area contributed by atoms with Crippen molar-refractivity contribution in [3.8, 4) is 0 Å². The maximum Gasteiger partial charge on any atom is 0.0832 e. The molecule has 1 heteroatoms. The highest BCUT2D eigenvalue weighted by atomic mass is 16.5. The standard InChI is InChI=1S/C6H13O/c1-3-4-5-6-7-2/h6H,3-5H2,1-2H3. The van der Waals surface area contributed by atoms with Crippen LogP contribution in [0.1, 0.15) is 26.2 Å². The van der Waals surface area contributed by atoms with Gasteiger partial charge in [-0.1, -0.05) is 19.8 Å². The Hall–Kier alpha value is -0.0400. The van der Waals surface area contributed by atoms with Crippen molar-refractivity contribution in [2.24, 2.45) is 0 Å². The molecule has 0 unspecified atom stereocenters. The number of rotatable bonds is 4. The van der Waals surface area contributed by atoms with Crippen LogP contribution in [0.4, 0.5) is 0 Å². The summed E-state index contributed by atoms with van der Waals surface area (Å²) in [5.74, 6) is 0. The number of hydrogen-bond donors (Lipinski definition) is 0. The number of unbranched alkanes of at least 4 members (excludes halogenated alkanes) is 2. The number of ether oxygens (including phenoxy) is 1. The lowest BCUT2D eigenvalue weighted by atomic mass is 10.3. The van der Waals surface area contributed by atoms with E-state index >= 15 is 0 Å². The molecule has 0 aromatic heterocycles. The molecule has 0 aliphatic heterocycles. The molecule has 0 N–H and O–H groups in total. The predicted molar refractivity (Wildman–Crippen MR) is 30.8 cm³/mol. The topological polar surface area (TPSA) is 9.23 Å². The zero-order chi connectivity index (χ0) is 5.54. The van der Waals surface area contributed by atoms with E-state index < -0.39 is 0 Å². The van der Waals surface area contributed by atoms with Crippen molar-refractivity contribution in [2.45, 2.75) is 26.2 Å². The first-order chi connectivity index (χ1) is 3.41. The molecule has 0 saturated carbocycles. The third-order valence-corrected chi connectivity index (χ3v) is 0.842. The Kier molecular flexibility index (Phi) is 5.93. The maximum absolute atomic E-state index is 4.72. The normalized spacial score (nSPS) is 9.43. The van der Waals surface area contributed by atoms with Gasteiger partial charge in [0.2, 0.25) is 0 Å². The van der Waals surface area contributed by atoms with E-state index in [1.807, 2.05) is 6.61 Å². The van der Waals surface area contributed by atoms with E-state index in [4.69, 9.17) is 4.74 Å². The lowest BCUT2D eigenvalue weighted by Crippen LogP contribution is -1.77. The van der Waals surface area contributed by atoms with Gasteiger partial charge in [0, 0.05) is 7.11 Å². The van der Waals surface area contributed by atoms with E-state index in [2.05, 4.69) is 6.92 Å². The van der Waals surface area contributed by atoms with Gasteiger partial charge in [-0.15, -0.1) is 0 Å². The fraction of sp³-hybridized carbons (Fsp3) is 0.833. The van der Waals surface area contributed by atoms with Gasteiger partial charge in [0.1, 0.15) is 0 Å². The Morgan fingerprint density at radius 1 is 1.57 bits per heavy atom. The first-order valence-electron chi connectivity index (χ1n) is 2.76. The molecule has 0 bridgehead atoms. The highest BCUT2D eigenvalue weighted by Crippen LogP contribution is 1.95. The monoisotopic (exact) mass is 101 g/mol. The van der Waals surface area contributed by atoms with Crippen molar-refractivity contribution >= 4 is 0 Å². The van der Waals surface area contributed by atoms with Crippen LogP contribution in [-0.4, -0.2) is 7.11 Å². The van der Waals surface area contributed by atoms with Gasteiger partial charge in [-0.25, -0.2) is 0 Å². The van der Waals surface area contributed by atoms with Crippen LogP contribution in [0.25, 0.3) is 0 Å². The van der Waals surface area contributed by atoms with Crippen LogP contribution in [0, 0.1) is 6.61 Å². The van der Waals surface area contributed by atoms with Gasteiger partial charge in [0.25, 0.3) is 0 Å². The van der Waals surface area contributed by atoms with Gasteiger partial charge in [0.05, 0.1) is 6.61 Å². The zero-order valence-corrected chi connectivity index (χ0v) is 5.11. The summed E-state index contributed by atoms with van der Waals surface area (Å²) in [6, 6.07) is 0. The number of hydrogen-bond acceptors (Lipinski definition) is 1. The van der Waals surface area contributed by atoms with E-state index in [9.17, 15) is 0 Å². The van der Waals surface area contributed by atoms with Crippen molar-refractivity contribution in [1.29, 1.82) is 0 Å². The fourth-order valence-electron chi connectivity index (χ4n) is 0.405. The Balaban J connectivity index is 2.45. The van der Waals surface area contributed by atoms with Gasteiger partial charge < -0.3 is 4.74 Å². The fourth-order valence-corrected chi connectivity index (χ4v) is 0.405. The van der Waals surface area contributed by atoms with Gasteiger partial charge in [-0.3, -0.25) is 0 Å². The third-order valence-electron chi connectivity index (χ3n) is 0.842. The Morgan fingerprint density at radius 3 is 2.71 bits per heavy atom. The van der Waals surface area contributed by atoms with E-state index in [0.29, 0.717) is 0 Å². The highest BCUT2D eigenvalue weighted by Gasteiger charge is 1.80. The van der Waals surface area contributed by atoms with Crippen LogP contribution in [0.2, 0.25) is 0 Å². The average Bonchev–Trinajstić information content (AvgIpc) is 1.69. The first kappa shape index (κ1) is 6.96. The summed E-state index contributed by atoms with van der Waals surface area (Å²) in [6.07, 6.45) is 3.58. The second kappa shape index (κ2) is 5.96. The van der Waals surface area contributed by atoms with Crippen LogP contribution in [0.15, 0.2) is 0 Å². The van der Waals surface area contributed by atoms with Crippen molar-refractivity contribution in [1.82, 2.24) is 0 Å². The molecule has 0 amide bonds. The van der Waals surface area contributed by atoms with Crippen molar-refractivity contribution < 1.29 is 4.74 Å².